The Morgan fingerprint density at radius 3 is 2.48 bits per heavy atom. The van der Waals surface area contributed by atoms with E-state index in [1.54, 1.807) is 35.1 Å². The van der Waals surface area contributed by atoms with Gasteiger partial charge in [0.05, 0.1) is 12.2 Å². The van der Waals surface area contributed by atoms with Crippen LogP contribution in [0.3, 0.4) is 0 Å². The van der Waals surface area contributed by atoms with Crippen molar-refractivity contribution in [2.45, 2.75) is 11.9 Å². The van der Waals surface area contributed by atoms with E-state index in [2.05, 4.69) is 4.98 Å². The second kappa shape index (κ2) is 9.26. The molecule has 1 aromatic rings. The van der Waals surface area contributed by atoms with E-state index in [4.69, 9.17) is 9.47 Å². The molecular weight excluding hydrogens is 346 g/mol. The summed E-state index contributed by atoms with van der Waals surface area (Å²) in [6.07, 6.45) is 3.03. The zero-order valence-electron chi connectivity index (χ0n) is 14.3. The van der Waals surface area contributed by atoms with Crippen LogP contribution in [0, 0.1) is 0 Å². The molecule has 0 radical (unpaired) electrons. The molecule has 0 aliphatic carbocycles. The van der Waals surface area contributed by atoms with Crippen LogP contribution in [0.2, 0.25) is 0 Å². The van der Waals surface area contributed by atoms with Gasteiger partial charge in [-0.15, -0.1) is 11.8 Å². The number of piperazine rings is 1. The number of carbonyl (C=O) groups excluding carboxylic acids is 3. The molecule has 1 aromatic heterocycles. The molecule has 1 saturated heterocycles. The Hall–Kier alpha value is -2.29. The first-order valence-corrected chi connectivity index (χ1v) is 9.15. The number of esters is 1. The molecule has 2 rings (SSSR count). The lowest BCUT2D eigenvalue weighted by Crippen LogP contribution is -2.51. The van der Waals surface area contributed by atoms with Gasteiger partial charge in [-0.05, 0) is 25.3 Å². The molecule has 136 valence electrons. The number of pyridine rings is 1. The second-order valence-electron chi connectivity index (χ2n) is 5.20. The number of aromatic nitrogens is 1. The zero-order chi connectivity index (χ0) is 18.2. The average molecular weight is 367 g/mol. The van der Waals surface area contributed by atoms with Gasteiger partial charge in [0.2, 0.25) is 0 Å². The fraction of sp³-hybridized carbons (Fsp3) is 0.500. The minimum atomic E-state index is -0.573. The van der Waals surface area contributed by atoms with Crippen LogP contribution in [-0.4, -0.2) is 78.4 Å². The lowest BCUT2D eigenvalue weighted by molar-refractivity contribution is -0.136. The third kappa shape index (κ3) is 5.09. The van der Waals surface area contributed by atoms with Crippen LogP contribution in [0.5, 0.6) is 0 Å². The van der Waals surface area contributed by atoms with E-state index in [0.717, 1.165) is 0 Å². The molecule has 9 heteroatoms. The molecule has 0 saturated carbocycles. The molecule has 2 heterocycles. The maximum absolute atomic E-state index is 12.2. The Balaban J connectivity index is 1.81. The van der Waals surface area contributed by atoms with E-state index in [1.165, 1.54) is 11.8 Å². The number of ether oxygens (including phenoxy) is 2. The Morgan fingerprint density at radius 1 is 1.16 bits per heavy atom. The molecule has 1 aliphatic rings. The molecule has 0 bridgehead atoms. The quantitative estimate of drug-likeness (QED) is 0.572. The van der Waals surface area contributed by atoms with Gasteiger partial charge in [0, 0.05) is 32.4 Å². The maximum Gasteiger partial charge on any atom is 0.409 e. The first-order chi connectivity index (χ1) is 12.1. The minimum Gasteiger partial charge on any atom is -0.452 e. The highest BCUT2D eigenvalue weighted by Crippen LogP contribution is 2.17. The lowest BCUT2D eigenvalue weighted by Gasteiger charge is -2.33. The first-order valence-electron chi connectivity index (χ1n) is 7.92. The van der Waals surface area contributed by atoms with E-state index in [9.17, 15) is 14.4 Å². The van der Waals surface area contributed by atoms with Crippen LogP contribution in [0.15, 0.2) is 23.4 Å². The van der Waals surface area contributed by atoms with Crippen LogP contribution in [0.25, 0.3) is 0 Å². The number of rotatable bonds is 5. The van der Waals surface area contributed by atoms with E-state index >= 15 is 0 Å². The van der Waals surface area contributed by atoms with Crippen LogP contribution < -0.4 is 0 Å². The molecule has 0 unspecified atom stereocenters. The van der Waals surface area contributed by atoms with Gasteiger partial charge in [-0.25, -0.2) is 14.6 Å². The third-order valence-electron chi connectivity index (χ3n) is 3.67. The van der Waals surface area contributed by atoms with Crippen molar-refractivity contribution in [2.75, 3.05) is 45.6 Å². The molecule has 0 N–H and O–H groups in total. The number of hydrogen-bond donors (Lipinski definition) is 0. The molecule has 1 aliphatic heterocycles. The van der Waals surface area contributed by atoms with E-state index in [1.807, 2.05) is 6.26 Å². The summed E-state index contributed by atoms with van der Waals surface area (Å²) in [5.74, 6) is -0.859. The SMILES string of the molecule is CCOC(=O)N1CCN(C(=O)COC(=O)c2cccnc2SC)CC1. The van der Waals surface area contributed by atoms with E-state index < -0.39 is 5.97 Å². The highest BCUT2D eigenvalue weighted by molar-refractivity contribution is 7.98. The highest BCUT2D eigenvalue weighted by Gasteiger charge is 2.25. The number of hydrogen-bond acceptors (Lipinski definition) is 7. The van der Waals surface area contributed by atoms with Crippen LogP contribution in [0.4, 0.5) is 4.79 Å². The van der Waals surface area contributed by atoms with Crippen LogP contribution >= 0.6 is 11.8 Å². The molecule has 0 spiro atoms. The average Bonchev–Trinajstić information content (AvgIpc) is 2.66. The van der Waals surface area contributed by atoms with Crippen LogP contribution in [-0.2, 0) is 14.3 Å². The Morgan fingerprint density at radius 2 is 1.84 bits per heavy atom. The van der Waals surface area contributed by atoms with Gasteiger partial charge in [0.15, 0.2) is 6.61 Å². The standard InChI is InChI=1S/C16H21N3O5S/c1-3-23-16(22)19-9-7-18(8-10-19)13(20)11-24-15(21)12-5-4-6-17-14(12)25-2/h4-6H,3,7-11H2,1-2H3. The normalized spacial score (nSPS) is 14.2. The van der Waals surface area contributed by atoms with Crippen molar-refractivity contribution >= 4 is 29.7 Å². The van der Waals surface area contributed by atoms with Gasteiger partial charge in [-0.1, -0.05) is 0 Å². The molecule has 25 heavy (non-hydrogen) atoms. The largest absolute Gasteiger partial charge is 0.452 e. The number of carbonyl (C=O) groups is 3. The van der Waals surface area contributed by atoms with Gasteiger partial charge >= 0.3 is 12.1 Å². The molecule has 2 amide bonds. The summed E-state index contributed by atoms with van der Waals surface area (Å²) in [4.78, 5) is 43.1. The molecule has 0 aromatic carbocycles. The van der Waals surface area contributed by atoms with E-state index in [0.29, 0.717) is 43.4 Å². The number of amides is 2. The number of thioether (sulfide) groups is 1. The smallest absolute Gasteiger partial charge is 0.409 e. The van der Waals surface area contributed by atoms with E-state index in [-0.39, 0.29) is 18.6 Å². The predicted octanol–water partition coefficient (Wildman–Crippen LogP) is 1.26. The summed E-state index contributed by atoms with van der Waals surface area (Å²) in [6, 6.07) is 3.26. The third-order valence-corrected chi connectivity index (χ3v) is 4.38. The van der Waals surface area contributed by atoms with Crippen molar-refractivity contribution in [3.05, 3.63) is 23.9 Å². The topological polar surface area (TPSA) is 89.0 Å². The molecule has 0 atom stereocenters. The maximum atomic E-state index is 12.2. The summed E-state index contributed by atoms with van der Waals surface area (Å²) in [7, 11) is 0. The van der Waals surface area contributed by atoms with Crippen molar-refractivity contribution in [3.63, 3.8) is 0 Å². The fourth-order valence-electron chi connectivity index (χ4n) is 2.36. The molecular formula is C16H21N3O5S. The predicted molar refractivity (Wildman–Crippen MR) is 91.5 cm³/mol. The summed E-state index contributed by atoms with van der Waals surface area (Å²) < 4.78 is 10.0. The zero-order valence-corrected chi connectivity index (χ0v) is 15.1. The fourth-order valence-corrected chi connectivity index (χ4v) is 2.90. The lowest BCUT2D eigenvalue weighted by atomic mass is 10.3. The van der Waals surface area contributed by atoms with Gasteiger partial charge in [0.25, 0.3) is 5.91 Å². The Kier molecular flexibility index (Phi) is 7.05. The second-order valence-corrected chi connectivity index (χ2v) is 6.00. The van der Waals surface area contributed by atoms with Crippen molar-refractivity contribution < 1.29 is 23.9 Å². The first kappa shape index (κ1) is 19.0. The van der Waals surface area contributed by atoms with Gasteiger partial charge in [0.1, 0.15) is 5.03 Å². The van der Waals surface area contributed by atoms with Crippen molar-refractivity contribution in [3.8, 4) is 0 Å². The van der Waals surface area contributed by atoms with Crippen molar-refractivity contribution in [1.29, 1.82) is 0 Å². The summed E-state index contributed by atoms with van der Waals surface area (Å²) >= 11 is 1.34. The van der Waals surface area contributed by atoms with Crippen molar-refractivity contribution in [1.82, 2.24) is 14.8 Å². The molecule has 1 fully saturated rings. The number of nitrogens with zero attached hydrogens (tertiary/aromatic N) is 3. The van der Waals surface area contributed by atoms with Gasteiger partial charge in [-0.2, -0.15) is 0 Å². The Labute approximate surface area is 150 Å². The van der Waals surface area contributed by atoms with Gasteiger partial charge < -0.3 is 19.3 Å². The van der Waals surface area contributed by atoms with Crippen LogP contribution in [0.1, 0.15) is 17.3 Å². The monoisotopic (exact) mass is 367 g/mol. The molecule has 8 nitrogen and oxygen atoms in total. The summed E-state index contributed by atoms with van der Waals surface area (Å²) in [5, 5.41) is 0.558. The highest BCUT2D eigenvalue weighted by atomic mass is 32.2. The minimum absolute atomic E-state index is 0.286. The van der Waals surface area contributed by atoms with Gasteiger partial charge in [-0.3, -0.25) is 4.79 Å². The summed E-state index contributed by atoms with van der Waals surface area (Å²) in [6.45, 7) is 3.31. The van der Waals surface area contributed by atoms with Crippen molar-refractivity contribution in [2.24, 2.45) is 0 Å². The summed E-state index contributed by atoms with van der Waals surface area (Å²) in [5.41, 5.74) is 0.343. The Bertz CT molecular complexity index is 632.